The molecule has 3 aromatic rings. The summed E-state index contributed by atoms with van der Waals surface area (Å²) in [7, 11) is 0. The van der Waals surface area contributed by atoms with Gasteiger partial charge in [0.2, 0.25) is 0 Å². The summed E-state index contributed by atoms with van der Waals surface area (Å²) in [6.07, 6.45) is 6.91. The van der Waals surface area contributed by atoms with Crippen molar-refractivity contribution < 1.29 is 9.90 Å². The Morgan fingerprint density at radius 3 is 3.00 bits per heavy atom. The highest BCUT2D eigenvalue weighted by atomic mass is 16.3. The summed E-state index contributed by atoms with van der Waals surface area (Å²) in [5, 5.41) is 23.4. The third-order valence-corrected chi connectivity index (χ3v) is 4.64. The topological polar surface area (TPSA) is 103 Å². The number of carbonyl (C=O) groups is 1. The third kappa shape index (κ3) is 3.06. The van der Waals surface area contributed by atoms with Crippen molar-refractivity contribution in [2.75, 3.05) is 5.32 Å². The zero-order valence-corrected chi connectivity index (χ0v) is 13.5. The first kappa shape index (κ1) is 15.6. The first-order chi connectivity index (χ1) is 12.1. The zero-order valence-electron chi connectivity index (χ0n) is 13.5. The molecule has 0 unspecified atom stereocenters. The number of nitrogens with one attached hydrogen (secondary N) is 3. The first-order valence-electron chi connectivity index (χ1n) is 8.21. The molecule has 0 bridgehead atoms. The van der Waals surface area contributed by atoms with Crippen LogP contribution in [0.4, 0.5) is 10.6 Å². The van der Waals surface area contributed by atoms with Crippen molar-refractivity contribution in [1.82, 2.24) is 20.5 Å². The normalized spacial score (nSPS) is 15.6. The number of aromatic nitrogens is 3. The Morgan fingerprint density at radius 2 is 2.20 bits per heavy atom. The summed E-state index contributed by atoms with van der Waals surface area (Å²) in [5.41, 5.74) is 1.82. The molecular weight excluding hydrogens is 318 g/mol. The minimum absolute atomic E-state index is 0.338. The van der Waals surface area contributed by atoms with Crippen LogP contribution in [-0.2, 0) is 12.1 Å². The van der Waals surface area contributed by atoms with Gasteiger partial charge in [-0.05, 0) is 30.4 Å². The molecule has 0 spiro atoms. The van der Waals surface area contributed by atoms with E-state index in [0.717, 1.165) is 41.3 Å². The van der Waals surface area contributed by atoms with Crippen LogP contribution in [-0.4, -0.2) is 26.3 Å². The standard InChI is InChI=1S/C18H18N5O2/c24-17(22-16-8-15-13(10-19-16)11-21-23-15)20-9-12-4-1-2-5-14(12)18(25)6-3-7-18/h1-2,4-5,8,10,25H,3,6-7,9H2,(H,21,23)(H2,19,20,22,24). The fraction of sp³-hybridized carbons (Fsp3) is 0.278. The van der Waals surface area contributed by atoms with Crippen molar-refractivity contribution in [1.29, 1.82) is 0 Å². The van der Waals surface area contributed by atoms with Gasteiger partial charge in [-0.3, -0.25) is 10.4 Å². The number of urea groups is 1. The number of hydrogen-bond acceptors (Lipinski definition) is 4. The molecule has 0 saturated heterocycles. The van der Waals surface area contributed by atoms with Crippen molar-refractivity contribution >= 4 is 22.8 Å². The molecule has 7 nitrogen and oxygen atoms in total. The molecule has 1 aliphatic carbocycles. The van der Waals surface area contributed by atoms with E-state index in [2.05, 4.69) is 32.0 Å². The number of H-pyrrole nitrogens is 1. The molecule has 25 heavy (non-hydrogen) atoms. The van der Waals surface area contributed by atoms with E-state index in [1.165, 1.54) is 0 Å². The van der Waals surface area contributed by atoms with E-state index in [4.69, 9.17) is 0 Å². The smallest absolute Gasteiger partial charge is 0.320 e. The number of aliphatic hydroxyl groups is 1. The lowest BCUT2D eigenvalue weighted by Crippen LogP contribution is -2.36. The summed E-state index contributed by atoms with van der Waals surface area (Å²) in [5.74, 6) is 0.425. The Balaban J connectivity index is 1.42. The van der Waals surface area contributed by atoms with Crippen molar-refractivity contribution in [3.8, 4) is 0 Å². The number of hydrogen-bond donors (Lipinski definition) is 4. The van der Waals surface area contributed by atoms with Crippen molar-refractivity contribution in [3.63, 3.8) is 0 Å². The van der Waals surface area contributed by atoms with Gasteiger partial charge in [0.25, 0.3) is 0 Å². The maximum Gasteiger partial charge on any atom is 0.320 e. The van der Waals surface area contributed by atoms with Gasteiger partial charge in [0.15, 0.2) is 0 Å². The van der Waals surface area contributed by atoms with Crippen LogP contribution >= 0.6 is 0 Å². The van der Waals surface area contributed by atoms with Gasteiger partial charge in [-0.25, -0.2) is 9.78 Å². The van der Waals surface area contributed by atoms with Crippen molar-refractivity contribution in [2.24, 2.45) is 0 Å². The maximum absolute atomic E-state index is 12.1. The number of benzene rings is 1. The SMILES string of the molecule is O=C(NCc1ccccc1C1(O)CCC1)Nc1cc2[nH]n[c]c2cn1. The van der Waals surface area contributed by atoms with Crippen LogP contribution in [0.2, 0.25) is 0 Å². The number of nitrogens with zero attached hydrogens (tertiary/aromatic N) is 2. The lowest BCUT2D eigenvalue weighted by Gasteiger charge is -2.38. The second-order valence-electron chi connectivity index (χ2n) is 6.30. The largest absolute Gasteiger partial charge is 0.385 e. The number of pyridine rings is 1. The monoisotopic (exact) mass is 336 g/mol. The fourth-order valence-electron chi connectivity index (χ4n) is 3.10. The molecule has 1 radical (unpaired) electrons. The summed E-state index contributed by atoms with van der Waals surface area (Å²) in [6, 6.07) is 9.02. The van der Waals surface area contributed by atoms with Gasteiger partial charge in [0.1, 0.15) is 12.0 Å². The van der Waals surface area contributed by atoms with Gasteiger partial charge in [-0.15, -0.1) is 0 Å². The number of rotatable bonds is 4. The van der Waals surface area contributed by atoms with Gasteiger partial charge in [0, 0.05) is 24.2 Å². The number of amides is 2. The van der Waals surface area contributed by atoms with Crippen LogP contribution in [0, 0.1) is 6.20 Å². The van der Waals surface area contributed by atoms with Crippen molar-refractivity contribution in [3.05, 3.63) is 53.9 Å². The molecule has 7 heteroatoms. The van der Waals surface area contributed by atoms with E-state index in [0.29, 0.717) is 12.4 Å². The van der Waals surface area contributed by atoms with Gasteiger partial charge in [0.05, 0.1) is 11.1 Å². The van der Waals surface area contributed by atoms with Gasteiger partial charge >= 0.3 is 6.03 Å². The van der Waals surface area contributed by atoms with Crippen LogP contribution in [0.5, 0.6) is 0 Å². The minimum atomic E-state index is -0.752. The Bertz CT molecular complexity index is 916. The predicted octanol–water partition coefficient (Wildman–Crippen LogP) is 2.45. The number of carbonyl (C=O) groups excluding carboxylic acids is 1. The molecule has 0 atom stereocenters. The molecular formula is C18H18N5O2. The molecule has 4 N–H and O–H groups in total. The summed E-state index contributed by atoms with van der Waals surface area (Å²) in [4.78, 5) is 16.3. The second kappa shape index (κ2) is 6.18. The highest BCUT2D eigenvalue weighted by molar-refractivity contribution is 5.90. The first-order valence-corrected chi connectivity index (χ1v) is 8.21. The Labute approximate surface area is 144 Å². The average molecular weight is 336 g/mol. The molecule has 1 fully saturated rings. The molecule has 1 aliphatic rings. The van der Waals surface area contributed by atoms with Crippen LogP contribution in [0.15, 0.2) is 36.5 Å². The Hall–Kier alpha value is -2.93. The Morgan fingerprint density at radius 1 is 1.36 bits per heavy atom. The molecule has 0 aliphatic heterocycles. The number of fused-ring (bicyclic) bond motifs is 1. The maximum atomic E-state index is 12.1. The highest BCUT2D eigenvalue weighted by Gasteiger charge is 2.37. The Kier molecular flexibility index (Phi) is 3.85. The average Bonchev–Trinajstić information content (AvgIpc) is 3.06. The van der Waals surface area contributed by atoms with Crippen LogP contribution < -0.4 is 10.6 Å². The van der Waals surface area contributed by atoms with E-state index in [9.17, 15) is 9.90 Å². The van der Waals surface area contributed by atoms with Crippen LogP contribution in [0.1, 0.15) is 30.4 Å². The second-order valence-corrected chi connectivity index (χ2v) is 6.30. The van der Waals surface area contributed by atoms with E-state index >= 15 is 0 Å². The molecule has 1 aromatic carbocycles. The molecule has 1 saturated carbocycles. The number of aromatic amines is 1. The van der Waals surface area contributed by atoms with Gasteiger partial charge < -0.3 is 10.4 Å². The molecule has 127 valence electrons. The third-order valence-electron chi connectivity index (χ3n) is 4.64. The van der Waals surface area contributed by atoms with Crippen LogP contribution in [0.3, 0.4) is 0 Å². The molecule has 2 heterocycles. The highest BCUT2D eigenvalue weighted by Crippen LogP contribution is 2.42. The summed E-state index contributed by atoms with van der Waals surface area (Å²) >= 11 is 0. The lowest BCUT2D eigenvalue weighted by atomic mass is 9.73. The van der Waals surface area contributed by atoms with Crippen LogP contribution in [0.25, 0.3) is 10.9 Å². The van der Waals surface area contributed by atoms with E-state index in [1.807, 2.05) is 24.3 Å². The van der Waals surface area contributed by atoms with Crippen molar-refractivity contribution in [2.45, 2.75) is 31.4 Å². The van der Waals surface area contributed by atoms with E-state index < -0.39 is 5.60 Å². The quantitative estimate of drug-likeness (QED) is 0.587. The summed E-state index contributed by atoms with van der Waals surface area (Å²) in [6.45, 7) is 0.338. The predicted molar refractivity (Wildman–Crippen MR) is 92.8 cm³/mol. The summed E-state index contributed by atoms with van der Waals surface area (Å²) < 4.78 is 0. The fourth-order valence-corrected chi connectivity index (χ4v) is 3.10. The zero-order chi connectivity index (χ0) is 17.3. The molecule has 2 amide bonds. The van der Waals surface area contributed by atoms with Gasteiger partial charge in [-0.1, -0.05) is 24.3 Å². The minimum Gasteiger partial charge on any atom is -0.385 e. The molecule has 4 rings (SSSR count). The molecule has 2 aromatic heterocycles. The van der Waals surface area contributed by atoms with E-state index in [1.54, 1.807) is 12.3 Å². The lowest BCUT2D eigenvalue weighted by molar-refractivity contribution is -0.0395. The van der Waals surface area contributed by atoms with Gasteiger partial charge in [-0.2, -0.15) is 5.10 Å². The number of anilines is 1. The van der Waals surface area contributed by atoms with E-state index in [-0.39, 0.29) is 6.03 Å².